The molecule has 2 heteroatoms. The zero-order valence-corrected chi connectivity index (χ0v) is 9.73. The van der Waals surface area contributed by atoms with Crippen LogP contribution in [-0.4, -0.2) is 0 Å². The number of aryl methyl sites for hydroxylation is 1. The SMILES string of the molecule is Cc1ccc2sc(CN)c(C3CC3)c2c1. The summed E-state index contributed by atoms with van der Waals surface area (Å²) in [6.07, 6.45) is 2.71. The van der Waals surface area contributed by atoms with Crippen LogP contribution in [0.4, 0.5) is 0 Å². The van der Waals surface area contributed by atoms with Gasteiger partial charge in [0.05, 0.1) is 0 Å². The lowest BCUT2D eigenvalue weighted by Gasteiger charge is -2.00. The van der Waals surface area contributed by atoms with E-state index in [1.807, 2.05) is 11.3 Å². The molecule has 2 N–H and O–H groups in total. The van der Waals surface area contributed by atoms with E-state index >= 15 is 0 Å². The fourth-order valence-corrected chi connectivity index (χ4v) is 3.40. The normalized spacial score (nSPS) is 16.1. The zero-order valence-electron chi connectivity index (χ0n) is 8.92. The van der Waals surface area contributed by atoms with Gasteiger partial charge in [0.1, 0.15) is 0 Å². The quantitative estimate of drug-likeness (QED) is 0.818. The van der Waals surface area contributed by atoms with Gasteiger partial charge in [0.15, 0.2) is 0 Å². The molecular weight excluding hydrogens is 202 g/mol. The monoisotopic (exact) mass is 217 g/mol. The third-order valence-electron chi connectivity index (χ3n) is 3.13. The van der Waals surface area contributed by atoms with Crippen LogP contribution in [0.5, 0.6) is 0 Å². The predicted octanol–water partition coefficient (Wildman–Crippen LogP) is 3.55. The molecule has 0 saturated heterocycles. The molecule has 0 atom stereocenters. The van der Waals surface area contributed by atoms with E-state index in [9.17, 15) is 0 Å². The molecule has 1 aliphatic carbocycles. The van der Waals surface area contributed by atoms with E-state index in [-0.39, 0.29) is 0 Å². The number of nitrogens with two attached hydrogens (primary N) is 1. The Kier molecular flexibility index (Phi) is 2.08. The standard InChI is InChI=1S/C13H15NS/c1-8-2-5-11-10(6-8)13(9-3-4-9)12(7-14)15-11/h2,5-6,9H,3-4,7,14H2,1H3. The van der Waals surface area contributed by atoms with Gasteiger partial charge in [-0.05, 0) is 42.7 Å². The molecule has 1 aromatic heterocycles. The maximum atomic E-state index is 5.83. The van der Waals surface area contributed by atoms with Crippen molar-refractivity contribution in [2.24, 2.45) is 5.73 Å². The van der Waals surface area contributed by atoms with Gasteiger partial charge in [0.2, 0.25) is 0 Å². The highest BCUT2D eigenvalue weighted by atomic mass is 32.1. The van der Waals surface area contributed by atoms with Crippen molar-refractivity contribution in [3.05, 3.63) is 34.2 Å². The number of hydrogen-bond acceptors (Lipinski definition) is 2. The summed E-state index contributed by atoms with van der Waals surface area (Å²) in [7, 11) is 0. The average molecular weight is 217 g/mol. The molecule has 0 bridgehead atoms. The fraction of sp³-hybridized carbons (Fsp3) is 0.385. The second-order valence-corrected chi connectivity index (χ2v) is 5.55. The van der Waals surface area contributed by atoms with Gasteiger partial charge in [-0.3, -0.25) is 0 Å². The summed E-state index contributed by atoms with van der Waals surface area (Å²) in [6, 6.07) is 6.74. The molecule has 1 saturated carbocycles. The van der Waals surface area contributed by atoms with E-state index in [0.29, 0.717) is 6.54 Å². The molecule has 0 aliphatic heterocycles. The van der Waals surface area contributed by atoms with Crippen molar-refractivity contribution in [2.75, 3.05) is 0 Å². The van der Waals surface area contributed by atoms with E-state index < -0.39 is 0 Å². The van der Waals surface area contributed by atoms with Crippen LogP contribution in [0.25, 0.3) is 10.1 Å². The third-order valence-corrected chi connectivity index (χ3v) is 4.34. The summed E-state index contributed by atoms with van der Waals surface area (Å²) in [5, 5.41) is 1.46. The van der Waals surface area contributed by atoms with E-state index in [1.165, 1.54) is 33.4 Å². The number of rotatable bonds is 2. The highest BCUT2D eigenvalue weighted by molar-refractivity contribution is 7.19. The molecule has 3 rings (SSSR count). The number of benzene rings is 1. The first-order chi connectivity index (χ1) is 7.29. The minimum Gasteiger partial charge on any atom is -0.326 e. The van der Waals surface area contributed by atoms with Crippen LogP contribution in [0.2, 0.25) is 0 Å². The maximum Gasteiger partial charge on any atom is 0.0349 e. The molecular formula is C13H15NS. The van der Waals surface area contributed by atoms with E-state index in [1.54, 1.807) is 5.56 Å². The fourth-order valence-electron chi connectivity index (χ4n) is 2.25. The lowest BCUT2D eigenvalue weighted by atomic mass is 10.0. The van der Waals surface area contributed by atoms with Crippen LogP contribution in [0, 0.1) is 6.92 Å². The Hall–Kier alpha value is -0.860. The van der Waals surface area contributed by atoms with E-state index in [0.717, 1.165) is 5.92 Å². The lowest BCUT2D eigenvalue weighted by molar-refractivity contribution is 1.04. The first-order valence-corrected chi connectivity index (χ1v) is 6.33. The van der Waals surface area contributed by atoms with Crippen molar-refractivity contribution in [1.29, 1.82) is 0 Å². The van der Waals surface area contributed by atoms with Gasteiger partial charge < -0.3 is 5.73 Å². The van der Waals surface area contributed by atoms with Crippen LogP contribution < -0.4 is 5.73 Å². The van der Waals surface area contributed by atoms with Crippen molar-refractivity contribution in [3.63, 3.8) is 0 Å². The third kappa shape index (κ3) is 1.48. The highest BCUT2D eigenvalue weighted by Crippen LogP contribution is 2.47. The van der Waals surface area contributed by atoms with Crippen LogP contribution in [0.1, 0.15) is 34.8 Å². The van der Waals surface area contributed by atoms with Gasteiger partial charge in [0.25, 0.3) is 0 Å². The summed E-state index contributed by atoms with van der Waals surface area (Å²) in [4.78, 5) is 1.40. The van der Waals surface area contributed by atoms with Gasteiger partial charge in [-0.2, -0.15) is 0 Å². The van der Waals surface area contributed by atoms with Crippen molar-refractivity contribution < 1.29 is 0 Å². The first kappa shape index (κ1) is 9.37. The molecule has 0 radical (unpaired) electrons. The molecule has 1 aliphatic rings. The molecule has 1 heterocycles. The van der Waals surface area contributed by atoms with Crippen molar-refractivity contribution in [2.45, 2.75) is 32.2 Å². The summed E-state index contributed by atoms with van der Waals surface area (Å²) >= 11 is 1.88. The molecule has 2 aromatic rings. The predicted molar refractivity (Wildman–Crippen MR) is 66.4 cm³/mol. The molecule has 15 heavy (non-hydrogen) atoms. The van der Waals surface area contributed by atoms with Crippen molar-refractivity contribution >= 4 is 21.4 Å². The van der Waals surface area contributed by atoms with Crippen LogP contribution in [-0.2, 0) is 6.54 Å². The van der Waals surface area contributed by atoms with Crippen LogP contribution >= 0.6 is 11.3 Å². The Morgan fingerprint density at radius 1 is 1.40 bits per heavy atom. The Morgan fingerprint density at radius 3 is 2.87 bits per heavy atom. The second kappa shape index (κ2) is 3.32. The van der Waals surface area contributed by atoms with Gasteiger partial charge in [-0.25, -0.2) is 0 Å². The Labute approximate surface area is 93.9 Å². The number of fused-ring (bicyclic) bond motifs is 1. The largest absolute Gasteiger partial charge is 0.326 e. The van der Waals surface area contributed by atoms with Gasteiger partial charge >= 0.3 is 0 Å². The number of hydrogen-bond donors (Lipinski definition) is 1. The molecule has 1 nitrogen and oxygen atoms in total. The average Bonchev–Trinajstić information content (AvgIpc) is 2.99. The molecule has 78 valence electrons. The minimum atomic E-state index is 0.699. The Balaban J connectivity index is 2.30. The number of thiophene rings is 1. The molecule has 0 amide bonds. The lowest BCUT2D eigenvalue weighted by Crippen LogP contribution is -1.96. The van der Waals surface area contributed by atoms with E-state index in [4.69, 9.17) is 5.73 Å². The summed E-state index contributed by atoms with van der Waals surface area (Å²) < 4.78 is 1.41. The molecule has 1 aromatic carbocycles. The molecule has 1 fully saturated rings. The molecule has 0 spiro atoms. The zero-order chi connectivity index (χ0) is 10.4. The minimum absolute atomic E-state index is 0.699. The maximum absolute atomic E-state index is 5.83. The topological polar surface area (TPSA) is 26.0 Å². The van der Waals surface area contributed by atoms with E-state index in [2.05, 4.69) is 25.1 Å². The van der Waals surface area contributed by atoms with Crippen molar-refractivity contribution in [3.8, 4) is 0 Å². The summed E-state index contributed by atoms with van der Waals surface area (Å²) in [5.74, 6) is 0.805. The second-order valence-electron chi connectivity index (χ2n) is 4.42. The Morgan fingerprint density at radius 2 is 2.20 bits per heavy atom. The smallest absolute Gasteiger partial charge is 0.0349 e. The Bertz CT molecular complexity index is 508. The summed E-state index contributed by atoms with van der Waals surface area (Å²) in [6.45, 7) is 2.86. The van der Waals surface area contributed by atoms with Gasteiger partial charge in [-0.1, -0.05) is 17.7 Å². The highest BCUT2D eigenvalue weighted by Gasteiger charge is 2.28. The van der Waals surface area contributed by atoms with Gasteiger partial charge in [0, 0.05) is 16.1 Å². The molecule has 0 unspecified atom stereocenters. The first-order valence-electron chi connectivity index (χ1n) is 5.51. The van der Waals surface area contributed by atoms with Gasteiger partial charge in [-0.15, -0.1) is 11.3 Å². The van der Waals surface area contributed by atoms with Crippen molar-refractivity contribution in [1.82, 2.24) is 0 Å². The van der Waals surface area contributed by atoms with Crippen LogP contribution in [0.15, 0.2) is 18.2 Å². The van der Waals surface area contributed by atoms with Crippen LogP contribution in [0.3, 0.4) is 0 Å². The summed E-state index contributed by atoms with van der Waals surface area (Å²) in [5.41, 5.74) is 8.74.